The van der Waals surface area contributed by atoms with Gasteiger partial charge in [0.15, 0.2) is 0 Å². The number of hydrogen-bond acceptors (Lipinski definition) is 2. The number of aryl methyl sites for hydroxylation is 2. The molecule has 5 aliphatic carbocycles. The van der Waals surface area contributed by atoms with Crippen LogP contribution in [0, 0.1) is 17.8 Å². The van der Waals surface area contributed by atoms with Crippen molar-refractivity contribution in [2.45, 2.75) is 76.3 Å². The standard InChI is InChI=1S/C22H30N2O/c1-14(23-20-6-5-18-3-2-4-19(18)10-20)21(25)24-22-11-15-7-16(12-22)9-17(8-15)13-22/h5-6,10,14-17,23H,2-4,7-9,11-13H2,1H3,(H,24,25)/t14-,15?,16?,17?,22?/m1/s1. The number of rotatable bonds is 4. The lowest BCUT2D eigenvalue weighted by atomic mass is 9.53. The van der Waals surface area contributed by atoms with Gasteiger partial charge in [0.25, 0.3) is 0 Å². The maximum absolute atomic E-state index is 12.9. The summed E-state index contributed by atoms with van der Waals surface area (Å²) in [5.41, 5.74) is 4.14. The van der Waals surface area contributed by atoms with Gasteiger partial charge in [0, 0.05) is 11.2 Å². The Morgan fingerprint density at radius 2 is 1.68 bits per heavy atom. The fourth-order valence-corrected chi connectivity index (χ4v) is 6.61. The molecule has 25 heavy (non-hydrogen) atoms. The topological polar surface area (TPSA) is 41.1 Å². The fraction of sp³-hybridized carbons (Fsp3) is 0.682. The largest absolute Gasteiger partial charge is 0.374 e. The summed E-state index contributed by atoms with van der Waals surface area (Å²) < 4.78 is 0. The molecule has 1 aromatic carbocycles. The highest BCUT2D eigenvalue weighted by Crippen LogP contribution is 2.55. The van der Waals surface area contributed by atoms with Crippen molar-refractivity contribution in [2.75, 3.05) is 5.32 Å². The quantitative estimate of drug-likeness (QED) is 0.869. The van der Waals surface area contributed by atoms with Gasteiger partial charge in [-0.15, -0.1) is 0 Å². The molecule has 134 valence electrons. The Bertz CT molecular complexity index is 660. The predicted octanol–water partition coefficient (Wildman–Crippen LogP) is 4.06. The number of carbonyl (C=O) groups is 1. The van der Waals surface area contributed by atoms with Crippen LogP contribution in [-0.2, 0) is 17.6 Å². The van der Waals surface area contributed by atoms with Crippen molar-refractivity contribution in [3.8, 4) is 0 Å². The second-order valence-corrected chi connectivity index (χ2v) is 9.39. The van der Waals surface area contributed by atoms with Crippen LogP contribution in [0.5, 0.6) is 0 Å². The number of amides is 1. The van der Waals surface area contributed by atoms with Crippen molar-refractivity contribution in [3.63, 3.8) is 0 Å². The molecule has 6 rings (SSSR count). The first-order chi connectivity index (χ1) is 12.1. The summed E-state index contributed by atoms with van der Waals surface area (Å²) in [7, 11) is 0. The van der Waals surface area contributed by atoms with Gasteiger partial charge in [0.1, 0.15) is 6.04 Å². The maximum atomic E-state index is 12.9. The Kier molecular flexibility index (Phi) is 3.62. The van der Waals surface area contributed by atoms with Crippen molar-refractivity contribution in [3.05, 3.63) is 29.3 Å². The number of hydrogen-bond donors (Lipinski definition) is 2. The predicted molar refractivity (Wildman–Crippen MR) is 101 cm³/mol. The van der Waals surface area contributed by atoms with Crippen LogP contribution in [0.15, 0.2) is 18.2 Å². The molecule has 0 unspecified atom stereocenters. The summed E-state index contributed by atoms with van der Waals surface area (Å²) in [6.45, 7) is 2.00. The number of anilines is 1. The molecule has 4 fully saturated rings. The van der Waals surface area contributed by atoms with E-state index in [0.717, 1.165) is 23.4 Å². The van der Waals surface area contributed by atoms with Crippen LogP contribution in [0.3, 0.4) is 0 Å². The summed E-state index contributed by atoms with van der Waals surface area (Å²) in [5, 5.41) is 6.94. The van der Waals surface area contributed by atoms with Gasteiger partial charge in [-0.1, -0.05) is 6.07 Å². The third-order valence-corrected chi connectivity index (χ3v) is 7.30. The van der Waals surface area contributed by atoms with E-state index in [-0.39, 0.29) is 17.5 Å². The number of carbonyl (C=O) groups excluding carboxylic acids is 1. The van der Waals surface area contributed by atoms with Gasteiger partial charge in [-0.25, -0.2) is 0 Å². The Balaban J connectivity index is 1.25. The number of fused-ring (bicyclic) bond motifs is 1. The molecule has 5 aliphatic rings. The minimum atomic E-state index is -0.174. The lowest BCUT2D eigenvalue weighted by Crippen LogP contribution is -2.61. The summed E-state index contributed by atoms with van der Waals surface area (Å²) >= 11 is 0. The van der Waals surface area contributed by atoms with Crippen LogP contribution in [0.1, 0.15) is 63.0 Å². The lowest BCUT2D eigenvalue weighted by molar-refractivity contribution is -0.127. The van der Waals surface area contributed by atoms with Gasteiger partial charge in [0.2, 0.25) is 5.91 Å². The van der Waals surface area contributed by atoms with Crippen molar-refractivity contribution in [1.82, 2.24) is 5.32 Å². The third-order valence-electron chi connectivity index (χ3n) is 7.30. The molecule has 3 nitrogen and oxygen atoms in total. The first kappa shape index (κ1) is 15.7. The molecule has 4 saturated carbocycles. The molecule has 0 saturated heterocycles. The highest BCUT2D eigenvalue weighted by molar-refractivity contribution is 5.85. The van der Waals surface area contributed by atoms with Gasteiger partial charge in [-0.3, -0.25) is 4.79 Å². The van der Waals surface area contributed by atoms with Crippen LogP contribution >= 0.6 is 0 Å². The monoisotopic (exact) mass is 338 g/mol. The SMILES string of the molecule is C[C@@H](Nc1ccc2c(c1)CCC2)C(=O)NC12CC3CC(CC(C3)C1)C2. The fourth-order valence-electron chi connectivity index (χ4n) is 6.61. The van der Waals surface area contributed by atoms with Crippen LogP contribution in [0.25, 0.3) is 0 Å². The average molecular weight is 338 g/mol. The highest BCUT2D eigenvalue weighted by atomic mass is 16.2. The smallest absolute Gasteiger partial charge is 0.242 e. The normalized spacial score (nSPS) is 36.1. The summed E-state index contributed by atoms with van der Waals surface area (Å²) in [5.74, 6) is 2.78. The van der Waals surface area contributed by atoms with E-state index < -0.39 is 0 Å². The van der Waals surface area contributed by atoms with Gasteiger partial charge in [-0.05, 0) is 106 Å². The van der Waals surface area contributed by atoms with Gasteiger partial charge in [0.05, 0.1) is 0 Å². The van der Waals surface area contributed by atoms with Crippen LogP contribution in [0.2, 0.25) is 0 Å². The zero-order chi connectivity index (χ0) is 17.0. The van der Waals surface area contributed by atoms with E-state index in [1.165, 1.54) is 68.9 Å². The molecule has 1 aromatic rings. The first-order valence-corrected chi connectivity index (χ1v) is 10.3. The average Bonchev–Trinajstić information content (AvgIpc) is 3.00. The molecule has 4 bridgehead atoms. The van der Waals surface area contributed by atoms with Crippen LogP contribution in [-0.4, -0.2) is 17.5 Å². The van der Waals surface area contributed by atoms with E-state index in [1.807, 2.05) is 6.92 Å². The molecular weight excluding hydrogens is 308 g/mol. The molecule has 0 aromatic heterocycles. The van der Waals surface area contributed by atoms with Gasteiger partial charge in [-0.2, -0.15) is 0 Å². The van der Waals surface area contributed by atoms with E-state index in [4.69, 9.17) is 0 Å². The van der Waals surface area contributed by atoms with Crippen LogP contribution in [0.4, 0.5) is 5.69 Å². The van der Waals surface area contributed by atoms with Crippen LogP contribution < -0.4 is 10.6 Å². The van der Waals surface area contributed by atoms with E-state index in [1.54, 1.807) is 0 Å². The molecule has 2 N–H and O–H groups in total. The van der Waals surface area contributed by atoms with Crippen molar-refractivity contribution < 1.29 is 4.79 Å². The second kappa shape index (κ2) is 5.75. The summed E-state index contributed by atoms with van der Waals surface area (Å²) in [4.78, 5) is 12.9. The Morgan fingerprint density at radius 1 is 1.04 bits per heavy atom. The highest BCUT2D eigenvalue weighted by Gasteiger charge is 2.51. The molecule has 3 heteroatoms. The van der Waals surface area contributed by atoms with Crippen molar-refractivity contribution >= 4 is 11.6 Å². The maximum Gasteiger partial charge on any atom is 0.242 e. The molecule has 0 spiro atoms. The van der Waals surface area contributed by atoms with Crippen molar-refractivity contribution in [2.24, 2.45) is 17.8 Å². The lowest BCUT2D eigenvalue weighted by Gasteiger charge is -2.57. The van der Waals surface area contributed by atoms with E-state index in [0.29, 0.717) is 0 Å². The Hall–Kier alpha value is -1.51. The summed E-state index contributed by atoms with van der Waals surface area (Å²) in [6, 6.07) is 6.44. The zero-order valence-corrected chi connectivity index (χ0v) is 15.3. The Morgan fingerprint density at radius 3 is 2.36 bits per heavy atom. The Labute approximate surface area is 151 Å². The number of nitrogens with one attached hydrogen (secondary N) is 2. The van der Waals surface area contributed by atoms with Gasteiger partial charge < -0.3 is 10.6 Å². The van der Waals surface area contributed by atoms with Gasteiger partial charge >= 0.3 is 0 Å². The molecule has 1 amide bonds. The second-order valence-electron chi connectivity index (χ2n) is 9.39. The minimum absolute atomic E-state index is 0.111. The van der Waals surface area contributed by atoms with E-state index >= 15 is 0 Å². The molecule has 1 atom stereocenters. The van der Waals surface area contributed by atoms with E-state index in [9.17, 15) is 4.79 Å². The zero-order valence-electron chi connectivity index (χ0n) is 15.3. The molecule has 0 heterocycles. The molecular formula is C22H30N2O. The van der Waals surface area contributed by atoms with E-state index in [2.05, 4.69) is 28.8 Å². The third kappa shape index (κ3) is 2.86. The molecule has 0 radical (unpaired) electrons. The number of benzene rings is 1. The minimum Gasteiger partial charge on any atom is -0.374 e. The molecule has 0 aliphatic heterocycles. The van der Waals surface area contributed by atoms with Crippen molar-refractivity contribution in [1.29, 1.82) is 0 Å². The summed E-state index contributed by atoms with van der Waals surface area (Å²) in [6.07, 6.45) is 11.5. The first-order valence-electron chi connectivity index (χ1n) is 10.3.